The van der Waals surface area contributed by atoms with Crippen molar-refractivity contribution in [2.24, 2.45) is 0 Å². The summed E-state index contributed by atoms with van der Waals surface area (Å²) in [6.45, 7) is 5.43. The highest BCUT2D eigenvalue weighted by Crippen LogP contribution is 2.19. The Hall–Kier alpha value is -1.16. The lowest BCUT2D eigenvalue weighted by molar-refractivity contribution is 0.243. The predicted molar refractivity (Wildman–Crippen MR) is 68.8 cm³/mol. The molecule has 0 fully saturated rings. The van der Waals surface area contributed by atoms with Crippen molar-refractivity contribution in [2.75, 3.05) is 13.2 Å². The van der Waals surface area contributed by atoms with Crippen LogP contribution in [0.5, 0.6) is 5.75 Å². The predicted octanol–water partition coefficient (Wildman–Crippen LogP) is 3.51. The second-order valence-corrected chi connectivity index (χ2v) is 4.30. The van der Waals surface area contributed by atoms with Crippen molar-refractivity contribution in [1.29, 1.82) is 0 Å². The van der Waals surface area contributed by atoms with Crippen LogP contribution in [-0.2, 0) is 0 Å². The molecule has 0 radical (unpaired) electrons. The monoisotopic (exact) mass is 257 g/mol. The van der Waals surface area contributed by atoms with E-state index in [1.165, 1.54) is 12.1 Å². The van der Waals surface area contributed by atoms with Gasteiger partial charge in [0.05, 0.1) is 0 Å². The molecule has 0 aliphatic carbocycles. The normalized spacial score (nSPS) is 12.4. The van der Waals surface area contributed by atoms with Crippen LogP contribution >= 0.6 is 0 Å². The summed E-state index contributed by atoms with van der Waals surface area (Å²) in [5.74, 6) is -1.81. The second-order valence-electron chi connectivity index (χ2n) is 4.30. The summed E-state index contributed by atoms with van der Waals surface area (Å²) in [6, 6.07) is 4.15. The van der Waals surface area contributed by atoms with Crippen LogP contribution in [0.3, 0.4) is 0 Å². The van der Waals surface area contributed by atoms with Gasteiger partial charge in [-0.2, -0.15) is 4.39 Å². The number of halogens is 2. The topological polar surface area (TPSA) is 21.3 Å². The van der Waals surface area contributed by atoms with Crippen LogP contribution in [0.15, 0.2) is 18.2 Å². The summed E-state index contributed by atoms with van der Waals surface area (Å²) >= 11 is 0. The van der Waals surface area contributed by atoms with Crippen LogP contribution in [0.25, 0.3) is 0 Å². The van der Waals surface area contributed by atoms with E-state index in [0.717, 1.165) is 31.9 Å². The summed E-state index contributed by atoms with van der Waals surface area (Å²) in [7, 11) is 0. The van der Waals surface area contributed by atoms with Crippen molar-refractivity contribution < 1.29 is 13.5 Å². The lowest BCUT2D eigenvalue weighted by Crippen LogP contribution is -2.35. The minimum absolute atomic E-state index is 0.0191. The SMILES string of the molecule is CCCNC(CCC)COc1cccc(F)c1F. The Morgan fingerprint density at radius 1 is 1.22 bits per heavy atom. The maximum absolute atomic E-state index is 13.4. The van der Waals surface area contributed by atoms with Gasteiger partial charge in [-0.1, -0.05) is 26.3 Å². The smallest absolute Gasteiger partial charge is 0.200 e. The Morgan fingerprint density at radius 2 is 2.00 bits per heavy atom. The summed E-state index contributed by atoms with van der Waals surface area (Å²) < 4.78 is 31.7. The summed E-state index contributed by atoms with van der Waals surface area (Å²) in [5, 5.41) is 3.33. The second kappa shape index (κ2) is 8.03. The van der Waals surface area contributed by atoms with E-state index in [1.807, 2.05) is 0 Å². The Balaban J connectivity index is 2.52. The molecule has 0 aliphatic heterocycles. The van der Waals surface area contributed by atoms with Crippen molar-refractivity contribution in [2.45, 2.75) is 39.2 Å². The van der Waals surface area contributed by atoms with Gasteiger partial charge < -0.3 is 10.1 Å². The fraction of sp³-hybridized carbons (Fsp3) is 0.571. The van der Waals surface area contributed by atoms with E-state index in [0.29, 0.717) is 6.61 Å². The molecule has 18 heavy (non-hydrogen) atoms. The average Bonchev–Trinajstić information content (AvgIpc) is 2.37. The molecule has 0 bridgehead atoms. The number of nitrogens with one attached hydrogen (secondary N) is 1. The highest BCUT2D eigenvalue weighted by Gasteiger charge is 2.12. The summed E-state index contributed by atoms with van der Waals surface area (Å²) in [4.78, 5) is 0. The maximum Gasteiger partial charge on any atom is 0.200 e. The van der Waals surface area contributed by atoms with E-state index >= 15 is 0 Å². The standard InChI is InChI=1S/C14H21F2NO/c1-3-6-11(17-9-4-2)10-18-13-8-5-7-12(15)14(13)16/h5,7-8,11,17H,3-4,6,9-10H2,1-2H3. The molecule has 0 saturated heterocycles. The molecular weight excluding hydrogens is 236 g/mol. The van der Waals surface area contributed by atoms with Gasteiger partial charge in [-0.15, -0.1) is 0 Å². The molecule has 0 amide bonds. The van der Waals surface area contributed by atoms with E-state index in [1.54, 1.807) is 0 Å². The lowest BCUT2D eigenvalue weighted by Gasteiger charge is -2.18. The molecular formula is C14H21F2NO. The van der Waals surface area contributed by atoms with Crippen LogP contribution in [-0.4, -0.2) is 19.2 Å². The van der Waals surface area contributed by atoms with Gasteiger partial charge in [-0.3, -0.25) is 0 Å². The van der Waals surface area contributed by atoms with Crippen molar-refractivity contribution in [3.63, 3.8) is 0 Å². The number of hydrogen-bond donors (Lipinski definition) is 1. The first-order chi connectivity index (χ1) is 8.69. The number of rotatable bonds is 8. The number of ether oxygens (including phenoxy) is 1. The van der Waals surface area contributed by atoms with Crippen molar-refractivity contribution in [3.05, 3.63) is 29.8 Å². The Kier molecular flexibility index (Phi) is 6.65. The van der Waals surface area contributed by atoms with Gasteiger partial charge in [0, 0.05) is 6.04 Å². The van der Waals surface area contributed by atoms with Gasteiger partial charge in [-0.25, -0.2) is 4.39 Å². The fourth-order valence-electron chi connectivity index (χ4n) is 1.73. The van der Waals surface area contributed by atoms with Crippen LogP contribution in [0.4, 0.5) is 8.78 Å². The Labute approximate surface area is 107 Å². The number of benzene rings is 1. The number of hydrogen-bond acceptors (Lipinski definition) is 2. The Morgan fingerprint density at radius 3 is 2.67 bits per heavy atom. The third-order valence-electron chi connectivity index (χ3n) is 2.68. The first-order valence-electron chi connectivity index (χ1n) is 6.49. The van der Waals surface area contributed by atoms with Crippen LogP contribution in [0.1, 0.15) is 33.1 Å². The molecule has 2 nitrogen and oxygen atoms in total. The summed E-state index contributed by atoms with van der Waals surface area (Å²) in [5.41, 5.74) is 0. The molecule has 1 atom stereocenters. The van der Waals surface area contributed by atoms with Gasteiger partial charge in [0.25, 0.3) is 0 Å². The lowest BCUT2D eigenvalue weighted by atomic mass is 10.2. The molecule has 0 aromatic heterocycles. The Bertz CT molecular complexity index is 358. The van der Waals surface area contributed by atoms with E-state index in [2.05, 4.69) is 19.2 Å². The molecule has 1 rings (SSSR count). The fourth-order valence-corrected chi connectivity index (χ4v) is 1.73. The van der Waals surface area contributed by atoms with E-state index in [9.17, 15) is 8.78 Å². The first kappa shape index (κ1) is 14.9. The highest BCUT2D eigenvalue weighted by molar-refractivity contribution is 5.25. The van der Waals surface area contributed by atoms with Gasteiger partial charge in [-0.05, 0) is 31.5 Å². The molecule has 4 heteroatoms. The van der Waals surface area contributed by atoms with Crippen molar-refractivity contribution in [3.8, 4) is 5.75 Å². The van der Waals surface area contributed by atoms with E-state index in [-0.39, 0.29) is 11.8 Å². The molecule has 0 spiro atoms. The molecule has 1 unspecified atom stereocenters. The maximum atomic E-state index is 13.4. The zero-order chi connectivity index (χ0) is 13.4. The first-order valence-corrected chi connectivity index (χ1v) is 6.49. The van der Waals surface area contributed by atoms with Gasteiger partial charge in [0.15, 0.2) is 11.6 Å². The highest BCUT2D eigenvalue weighted by atomic mass is 19.2. The van der Waals surface area contributed by atoms with Gasteiger partial charge >= 0.3 is 0 Å². The van der Waals surface area contributed by atoms with Crippen molar-refractivity contribution in [1.82, 2.24) is 5.32 Å². The molecule has 0 saturated carbocycles. The average molecular weight is 257 g/mol. The quantitative estimate of drug-likeness (QED) is 0.769. The molecule has 1 N–H and O–H groups in total. The summed E-state index contributed by atoms with van der Waals surface area (Å²) in [6.07, 6.45) is 3.02. The van der Waals surface area contributed by atoms with Crippen molar-refractivity contribution >= 4 is 0 Å². The molecule has 102 valence electrons. The van der Waals surface area contributed by atoms with Gasteiger partial charge in [0.1, 0.15) is 6.61 Å². The minimum atomic E-state index is -0.914. The molecule has 1 aromatic rings. The largest absolute Gasteiger partial charge is 0.489 e. The minimum Gasteiger partial charge on any atom is -0.489 e. The van der Waals surface area contributed by atoms with Crippen LogP contribution in [0.2, 0.25) is 0 Å². The van der Waals surface area contributed by atoms with Crippen LogP contribution in [0, 0.1) is 11.6 Å². The van der Waals surface area contributed by atoms with Crippen LogP contribution < -0.4 is 10.1 Å². The molecule has 0 heterocycles. The molecule has 0 aliphatic rings. The molecule has 1 aromatic carbocycles. The van der Waals surface area contributed by atoms with Gasteiger partial charge in [0.2, 0.25) is 5.82 Å². The third-order valence-corrected chi connectivity index (χ3v) is 2.68. The zero-order valence-electron chi connectivity index (χ0n) is 11.0. The van der Waals surface area contributed by atoms with E-state index in [4.69, 9.17) is 4.74 Å². The third kappa shape index (κ3) is 4.61. The van der Waals surface area contributed by atoms with E-state index < -0.39 is 11.6 Å². The zero-order valence-corrected chi connectivity index (χ0v) is 11.0.